The van der Waals surface area contributed by atoms with E-state index in [4.69, 9.17) is 0 Å². The van der Waals surface area contributed by atoms with Crippen LogP contribution < -0.4 is 5.56 Å². The molecule has 1 aromatic heterocycles. The summed E-state index contributed by atoms with van der Waals surface area (Å²) in [6.45, 7) is 5.90. The summed E-state index contributed by atoms with van der Waals surface area (Å²) in [5.74, 6) is -0.157. The Kier molecular flexibility index (Phi) is 4.17. The van der Waals surface area contributed by atoms with Gasteiger partial charge >= 0.3 is 0 Å². The zero-order valence-electron chi connectivity index (χ0n) is 14.3. The van der Waals surface area contributed by atoms with E-state index in [1.54, 1.807) is 24.8 Å². The van der Waals surface area contributed by atoms with Crippen LogP contribution in [0.25, 0.3) is 10.9 Å². The maximum absolute atomic E-state index is 12.7. The zero-order valence-corrected chi connectivity index (χ0v) is 14.3. The van der Waals surface area contributed by atoms with E-state index in [0.717, 1.165) is 18.4 Å². The quantitative estimate of drug-likeness (QED) is 0.925. The Balaban J connectivity index is 1.89. The fourth-order valence-electron chi connectivity index (χ4n) is 3.49. The van der Waals surface area contributed by atoms with Crippen LogP contribution in [0.4, 0.5) is 0 Å². The number of carbonyl (C=O) groups excluding carboxylic acids is 1. The molecule has 0 radical (unpaired) electrons. The first kappa shape index (κ1) is 16.6. The van der Waals surface area contributed by atoms with Crippen molar-refractivity contribution in [2.24, 2.45) is 0 Å². The number of aromatic nitrogens is 2. The van der Waals surface area contributed by atoms with Crippen molar-refractivity contribution in [2.75, 3.05) is 6.54 Å². The molecule has 1 N–H and O–H groups in total. The molecule has 1 aliphatic rings. The lowest BCUT2D eigenvalue weighted by Crippen LogP contribution is -2.49. The maximum atomic E-state index is 12.7. The minimum Gasteiger partial charge on any atom is -0.388 e. The highest BCUT2D eigenvalue weighted by molar-refractivity contribution is 5.81. The number of hydrogen-bond donors (Lipinski definition) is 1. The van der Waals surface area contributed by atoms with Crippen molar-refractivity contribution in [3.8, 4) is 0 Å². The van der Waals surface area contributed by atoms with Crippen LogP contribution in [0.3, 0.4) is 0 Å². The first-order chi connectivity index (χ1) is 11.3. The molecule has 1 saturated heterocycles. The Morgan fingerprint density at radius 2 is 2.17 bits per heavy atom. The van der Waals surface area contributed by atoms with Gasteiger partial charge in [-0.2, -0.15) is 0 Å². The van der Waals surface area contributed by atoms with Crippen LogP contribution in [0.15, 0.2) is 29.3 Å². The van der Waals surface area contributed by atoms with Crippen molar-refractivity contribution in [3.63, 3.8) is 0 Å². The number of likely N-dealkylation sites (tertiary alicyclic amines) is 1. The predicted octanol–water partition coefficient (Wildman–Crippen LogP) is 1.47. The van der Waals surface area contributed by atoms with Crippen molar-refractivity contribution >= 4 is 16.8 Å². The highest BCUT2D eigenvalue weighted by Crippen LogP contribution is 2.26. The second-order valence-corrected chi connectivity index (χ2v) is 7.05. The second-order valence-electron chi connectivity index (χ2n) is 7.05. The van der Waals surface area contributed by atoms with Crippen LogP contribution >= 0.6 is 0 Å². The van der Waals surface area contributed by atoms with Gasteiger partial charge in [0.1, 0.15) is 6.54 Å². The molecule has 1 aromatic carbocycles. The van der Waals surface area contributed by atoms with Crippen molar-refractivity contribution in [2.45, 2.75) is 51.8 Å². The number of benzene rings is 1. The minimum absolute atomic E-state index is 0.0533. The largest absolute Gasteiger partial charge is 0.388 e. The Bertz CT molecular complexity index is 835. The fraction of sp³-hybridized carbons (Fsp3) is 0.500. The average molecular weight is 329 g/mol. The van der Waals surface area contributed by atoms with Gasteiger partial charge in [-0.05, 0) is 45.2 Å². The van der Waals surface area contributed by atoms with Crippen molar-refractivity contribution in [3.05, 3.63) is 40.4 Å². The number of hydrogen-bond acceptors (Lipinski definition) is 4. The van der Waals surface area contributed by atoms with Crippen LogP contribution in [-0.4, -0.2) is 43.7 Å². The van der Waals surface area contributed by atoms with Gasteiger partial charge in [0.05, 0.1) is 28.9 Å². The molecule has 0 aliphatic carbocycles. The zero-order chi connectivity index (χ0) is 17.5. The van der Waals surface area contributed by atoms with Gasteiger partial charge in [-0.25, -0.2) is 4.98 Å². The van der Waals surface area contributed by atoms with E-state index in [2.05, 4.69) is 4.98 Å². The van der Waals surface area contributed by atoms with Crippen LogP contribution in [0.1, 0.15) is 32.3 Å². The number of amides is 1. The van der Waals surface area contributed by atoms with Gasteiger partial charge in [-0.1, -0.05) is 12.1 Å². The van der Waals surface area contributed by atoms with E-state index in [-0.39, 0.29) is 24.1 Å². The summed E-state index contributed by atoms with van der Waals surface area (Å²) in [5, 5.41) is 10.8. The normalized spacial score (nSPS) is 18.3. The number of nitrogens with zero attached hydrogens (tertiary/aromatic N) is 3. The monoisotopic (exact) mass is 329 g/mol. The van der Waals surface area contributed by atoms with Gasteiger partial charge in [-0.15, -0.1) is 0 Å². The highest BCUT2D eigenvalue weighted by Gasteiger charge is 2.38. The summed E-state index contributed by atoms with van der Waals surface area (Å²) in [7, 11) is 0. The molecule has 1 amide bonds. The van der Waals surface area contributed by atoms with E-state index >= 15 is 0 Å². The third kappa shape index (κ3) is 2.94. The van der Waals surface area contributed by atoms with E-state index in [1.165, 1.54) is 10.9 Å². The summed E-state index contributed by atoms with van der Waals surface area (Å²) in [4.78, 5) is 31.3. The Morgan fingerprint density at radius 3 is 2.88 bits per heavy atom. The fourth-order valence-corrected chi connectivity index (χ4v) is 3.49. The molecule has 1 unspecified atom stereocenters. The third-order valence-electron chi connectivity index (χ3n) is 4.75. The molecule has 6 nitrogen and oxygen atoms in total. The summed E-state index contributed by atoms with van der Waals surface area (Å²) in [5.41, 5.74) is 0.443. The van der Waals surface area contributed by atoms with E-state index in [0.29, 0.717) is 17.4 Å². The smallest absolute Gasteiger partial charge is 0.261 e. The second kappa shape index (κ2) is 6.02. The Morgan fingerprint density at radius 1 is 1.42 bits per heavy atom. The van der Waals surface area contributed by atoms with Crippen molar-refractivity contribution in [1.29, 1.82) is 0 Å². The molecule has 6 heteroatoms. The SMILES string of the molecule is Cc1cccc2c(=O)n(CC(=O)N3CCCC3C(C)(C)O)cnc12. The number of carbonyl (C=O) groups is 1. The lowest BCUT2D eigenvalue weighted by molar-refractivity contribution is -0.137. The number of para-hydroxylation sites is 1. The molecule has 0 bridgehead atoms. The molecular weight excluding hydrogens is 306 g/mol. The van der Waals surface area contributed by atoms with Gasteiger partial charge in [-0.3, -0.25) is 14.2 Å². The molecule has 0 saturated carbocycles. The standard InChI is InChI=1S/C18H23N3O3/c1-12-6-4-7-13-16(12)19-11-20(17(13)23)10-15(22)21-9-5-8-14(21)18(2,3)24/h4,6-7,11,14,24H,5,8-10H2,1-3H3. The van der Waals surface area contributed by atoms with Gasteiger partial charge in [0.15, 0.2) is 0 Å². The molecular formula is C18H23N3O3. The average Bonchev–Trinajstić information content (AvgIpc) is 3.00. The molecule has 3 rings (SSSR count). The molecule has 1 fully saturated rings. The van der Waals surface area contributed by atoms with Gasteiger partial charge in [0.2, 0.25) is 5.91 Å². The Hall–Kier alpha value is -2.21. The van der Waals surface area contributed by atoms with Crippen LogP contribution in [0, 0.1) is 6.92 Å². The molecule has 128 valence electrons. The first-order valence-electron chi connectivity index (χ1n) is 8.25. The molecule has 1 atom stereocenters. The van der Waals surface area contributed by atoms with E-state index in [1.807, 2.05) is 19.1 Å². The molecule has 2 heterocycles. The van der Waals surface area contributed by atoms with Crippen LogP contribution in [0.5, 0.6) is 0 Å². The van der Waals surface area contributed by atoms with Crippen LogP contribution in [-0.2, 0) is 11.3 Å². The van der Waals surface area contributed by atoms with Gasteiger partial charge in [0.25, 0.3) is 5.56 Å². The maximum Gasteiger partial charge on any atom is 0.261 e. The highest BCUT2D eigenvalue weighted by atomic mass is 16.3. The number of rotatable bonds is 3. The lowest BCUT2D eigenvalue weighted by Gasteiger charge is -2.33. The van der Waals surface area contributed by atoms with Gasteiger partial charge in [0, 0.05) is 6.54 Å². The van der Waals surface area contributed by atoms with Crippen molar-refractivity contribution in [1.82, 2.24) is 14.5 Å². The van der Waals surface area contributed by atoms with Gasteiger partial charge < -0.3 is 10.0 Å². The molecule has 2 aromatic rings. The lowest BCUT2D eigenvalue weighted by atomic mass is 9.96. The number of fused-ring (bicyclic) bond motifs is 1. The number of aryl methyl sites for hydroxylation is 1. The molecule has 1 aliphatic heterocycles. The summed E-state index contributed by atoms with van der Waals surface area (Å²) in [6, 6.07) is 5.24. The number of aliphatic hydroxyl groups is 1. The molecule has 24 heavy (non-hydrogen) atoms. The summed E-state index contributed by atoms with van der Waals surface area (Å²) in [6.07, 6.45) is 3.08. The first-order valence-corrected chi connectivity index (χ1v) is 8.25. The molecule has 0 spiro atoms. The van der Waals surface area contributed by atoms with E-state index in [9.17, 15) is 14.7 Å². The topological polar surface area (TPSA) is 75.4 Å². The Labute approximate surface area is 140 Å². The summed E-state index contributed by atoms with van der Waals surface area (Å²) >= 11 is 0. The predicted molar refractivity (Wildman–Crippen MR) is 91.8 cm³/mol. The minimum atomic E-state index is -0.949. The van der Waals surface area contributed by atoms with Crippen LogP contribution in [0.2, 0.25) is 0 Å². The third-order valence-corrected chi connectivity index (χ3v) is 4.75. The van der Waals surface area contributed by atoms with E-state index < -0.39 is 5.60 Å². The van der Waals surface area contributed by atoms with Crippen molar-refractivity contribution < 1.29 is 9.90 Å². The summed E-state index contributed by atoms with van der Waals surface area (Å²) < 4.78 is 1.35.